The number of carbonyl (C=O) groups excluding carboxylic acids is 1. The van der Waals surface area contributed by atoms with Crippen molar-refractivity contribution in [3.63, 3.8) is 0 Å². The molecule has 0 aliphatic heterocycles. The van der Waals surface area contributed by atoms with Crippen LogP contribution in [0.3, 0.4) is 0 Å². The van der Waals surface area contributed by atoms with E-state index in [1.807, 2.05) is 7.11 Å². The van der Waals surface area contributed by atoms with Crippen molar-refractivity contribution < 1.29 is 14.3 Å². The van der Waals surface area contributed by atoms with Gasteiger partial charge in [0.25, 0.3) is 0 Å². The summed E-state index contributed by atoms with van der Waals surface area (Å²) in [5.41, 5.74) is 1.01. The van der Waals surface area contributed by atoms with E-state index in [0.29, 0.717) is 35.9 Å². The molecule has 4 saturated carbocycles. The highest BCUT2D eigenvalue weighted by molar-refractivity contribution is 5.69. The number of unbranched alkanes of at least 4 members (excludes halogenated alkanes) is 12. The summed E-state index contributed by atoms with van der Waals surface area (Å²) in [5, 5.41) is 0. The highest BCUT2D eigenvalue weighted by atomic mass is 16.5. The Balaban J connectivity index is 1.04. The molecule has 0 aromatic heterocycles. The number of methoxy groups -OCH3 is 1. The first kappa shape index (κ1) is 38.0. The first-order valence-electron chi connectivity index (χ1n) is 20.7. The molecule has 4 aliphatic rings. The van der Waals surface area contributed by atoms with Crippen LogP contribution in [0.1, 0.15) is 188 Å². The summed E-state index contributed by atoms with van der Waals surface area (Å²) < 4.78 is 11.5. The molecule has 0 amide bonds. The van der Waals surface area contributed by atoms with Crippen molar-refractivity contribution in [3.8, 4) is 0 Å². The standard InChI is InChI=1S/C43H76O3/c1-6-7-8-9-10-11-12-13-14-15-16-17-18-19-20-21-32-46-41(44)27-22-34(2)38-25-26-39-37-24-23-35-33-36(45-5)28-30-42(35,3)40(37)29-31-43(38,39)4/h13-14,34-40H,6-12,15-33H2,1-5H3/t34-,35?,36-,37?,38?,39?,40?,42+,43-/m1/s1. The van der Waals surface area contributed by atoms with Crippen LogP contribution in [0.15, 0.2) is 12.2 Å². The number of rotatable bonds is 21. The van der Waals surface area contributed by atoms with Gasteiger partial charge in [0.1, 0.15) is 0 Å². The van der Waals surface area contributed by atoms with Gasteiger partial charge in [0.2, 0.25) is 0 Å². The van der Waals surface area contributed by atoms with Crippen LogP contribution in [0, 0.1) is 46.3 Å². The summed E-state index contributed by atoms with van der Waals surface area (Å²) in [6.07, 6.45) is 37.7. The van der Waals surface area contributed by atoms with Crippen molar-refractivity contribution in [1.29, 1.82) is 0 Å². The van der Waals surface area contributed by atoms with Crippen LogP contribution in [0.2, 0.25) is 0 Å². The van der Waals surface area contributed by atoms with Gasteiger partial charge in [0, 0.05) is 13.5 Å². The van der Waals surface area contributed by atoms with Gasteiger partial charge in [-0.25, -0.2) is 0 Å². The second-order valence-electron chi connectivity index (χ2n) is 17.2. The molecule has 46 heavy (non-hydrogen) atoms. The Bertz CT molecular complexity index is 896. The van der Waals surface area contributed by atoms with Crippen LogP contribution in [-0.4, -0.2) is 25.8 Å². The van der Waals surface area contributed by atoms with Crippen molar-refractivity contribution in [3.05, 3.63) is 12.2 Å². The van der Waals surface area contributed by atoms with Gasteiger partial charge in [-0.3, -0.25) is 4.79 Å². The zero-order valence-electron chi connectivity index (χ0n) is 31.3. The Labute approximate surface area is 286 Å². The Morgan fingerprint density at radius 3 is 2.09 bits per heavy atom. The number of esters is 1. The third-order valence-electron chi connectivity index (χ3n) is 14.4. The van der Waals surface area contributed by atoms with E-state index in [9.17, 15) is 4.79 Å². The third kappa shape index (κ3) is 10.1. The molecule has 266 valence electrons. The molecule has 0 radical (unpaired) electrons. The first-order valence-corrected chi connectivity index (χ1v) is 20.7. The van der Waals surface area contributed by atoms with Crippen molar-refractivity contribution in [2.45, 2.75) is 194 Å². The molecule has 0 bridgehead atoms. The fourth-order valence-electron chi connectivity index (χ4n) is 11.6. The van der Waals surface area contributed by atoms with E-state index in [2.05, 4.69) is 39.8 Å². The summed E-state index contributed by atoms with van der Waals surface area (Å²) in [6, 6.07) is 0. The van der Waals surface area contributed by atoms with Crippen LogP contribution in [0.25, 0.3) is 0 Å². The maximum Gasteiger partial charge on any atom is 0.305 e. The summed E-state index contributed by atoms with van der Waals surface area (Å²) in [4.78, 5) is 12.6. The van der Waals surface area contributed by atoms with Gasteiger partial charge in [0.05, 0.1) is 12.7 Å². The Morgan fingerprint density at radius 2 is 1.39 bits per heavy atom. The smallest absolute Gasteiger partial charge is 0.305 e. The van der Waals surface area contributed by atoms with Crippen molar-refractivity contribution in [2.24, 2.45) is 46.3 Å². The van der Waals surface area contributed by atoms with Gasteiger partial charge < -0.3 is 9.47 Å². The molecule has 4 rings (SSSR count). The number of ether oxygens (including phenoxy) is 2. The molecule has 0 spiro atoms. The molecule has 4 fully saturated rings. The predicted molar refractivity (Wildman–Crippen MR) is 195 cm³/mol. The van der Waals surface area contributed by atoms with E-state index < -0.39 is 0 Å². The number of carbonyl (C=O) groups is 1. The monoisotopic (exact) mass is 641 g/mol. The zero-order chi connectivity index (χ0) is 32.8. The van der Waals surface area contributed by atoms with Gasteiger partial charge in [0.15, 0.2) is 0 Å². The summed E-state index contributed by atoms with van der Waals surface area (Å²) in [7, 11) is 1.92. The minimum absolute atomic E-state index is 0.0425. The van der Waals surface area contributed by atoms with Gasteiger partial charge in [-0.05, 0) is 143 Å². The molecule has 3 nitrogen and oxygen atoms in total. The number of hydrogen-bond donors (Lipinski definition) is 0. The molecule has 0 N–H and O–H groups in total. The largest absolute Gasteiger partial charge is 0.466 e. The second-order valence-corrected chi connectivity index (χ2v) is 17.2. The maximum atomic E-state index is 12.6. The minimum atomic E-state index is 0.0425. The normalized spacial score (nSPS) is 34.6. The Morgan fingerprint density at radius 1 is 0.761 bits per heavy atom. The van der Waals surface area contributed by atoms with E-state index in [1.165, 1.54) is 141 Å². The van der Waals surface area contributed by atoms with E-state index in [0.717, 1.165) is 42.4 Å². The van der Waals surface area contributed by atoms with E-state index in [1.54, 1.807) is 0 Å². The molecule has 0 saturated heterocycles. The van der Waals surface area contributed by atoms with Gasteiger partial charge in [-0.15, -0.1) is 0 Å². The minimum Gasteiger partial charge on any atom is -0.466 e. The summed E-state index contributed by atoms with van der Waals surface area (Å²) >= 11 is 0. The Kier molecular flexibility index (Phi) is 16.0. The zero-order valence-corrected chi connectivity index (χ0v) is 31.3. The fraction of sp³-hybridized carbons (Fsp3) is 0.930. The molecular weight excluding hydrogens is 564 g/mol. The van der Waals surface area contributed by atoms with Crippen molar-refractivity contribution in [1.82, 2.24) is 0 Å². The molecule has 4 aliphatic carbocycles. The molecule has 0 aromatic rings. The first-order chi connectivity index (χ1) is 22.3. The maximum absolute atomic E-state index is 12.6. The molecule has 0 heterocycles. The highest BCUT2D eigenvalue weighted by Gasteiger charge is 2.60. The molecular formula is C43H76O3. The lowest BCUT2D eigenvalue weighted by Gasteiger charge is -2.61. The SMILES string of the molecule is CCCCCCCCC=CCCCCCCCCOC(=O)CC[C@@H](C)C1CCC2C3CCC4C[C@H](OC)CC[C@]4(C)C3CC[C@@]21C. The lowest BCUT2D eigenvalue weighted by molar-refractivity contribution is -0.144. The van der Waals surface area contributed by atoms with E-state index in [4.69, 9.17) is 9.47 Å². The van der Waals surface area contributed by atoms with Crippen LogP contribution in [0.5, 0.6) is 0 Å². The van der Waals surface area contributed by atoms with E-state index >= 15 is 0 Å². The van der Waals surface area contributed by atoms with Crippen molar-refractivity contribution in [2.75, 3.05) is 13.7 Å². The van der Waals surface area contributed by atoms with Gasteiger partial charge in [-0.2, -0.15) is 0 Å². The third-order valence-corrected chi connectivity index (χ3v) is 14.4. The molecule has 9 atom stereocenters. The van der Waals surface area contributed by atoms with Crippen LogP contribution in [0.4, 0.5) is 0 Å². The topological polar surface area (TPSA) is 35.5 Å². The number of allylic oxidation sites excluding steroid dienone is 2. The van der Waals surface area contributed by atoms with Gasteiger partial charge >= 0.3 is 5.97 Å². The Hall–Kier alpha value is -0.830. The van der Waals surface area contributed by atoms with Gasteiger partial charge in [-0.1, -0.05) is 97.6 Å². The molecule has 0 aromatic carbocycles. The molecule has 3 heteroatoms. The fourth-order valence-corrected chi connectivity index (χ4v) is 11.6. The number of hydrogen-bond acceptors (Lipinski definition) is 3. The van der Waals surface area contributed by atoms with Crippen LogP contribution < -0.4 is 0 Å². The van der Waals surface area contributed by atoms with Crippen molar-refractivity contribution >= 4 is 5.97 Å². The number of fused-ring (bicyclic) bond motifs is 5. The van der Waals surface area contributed by atoms with Crippen LogP contribution in [-0.2, 0) is 14.3 Å². The molecule has 5 unspecified atom stereocenters. The summed E-state index contributed by atoms with van der Waals surface area (Å²) in [5.74, 6) is 5.06. The average Bonchev–Trinajstić information content (AvgIpc) is 3.42. The lowest BCUT2D eigenvalue weighted by Crippen LogP contribution is -2.54. The lowest BCUT2D eigenvalue weighted by atomic mass is 9.44. The average molecular weight is 641 g/mol. The predicted octanol–water partition coefficient (Wildman–Crippen LogP) is 12.7. The second kappa shape index (κ2) is 19.4. The van der Waals surface area contributed by atoms with Crippen LogP contribution >= 0.6 is 0 Å². The van der Waals surface area contributed by atoms with E-state index in [-0.39, 0.29) is 5.97 Å². The highest BCUT2D eigenvalue weighted by Crippen LogP contribution is 2.68. The quantitative estimate of drug-likeness (QED) is 0.0711. The summed E-state index contributed by atoms with van der Waals surface area (Å²) in [6.45, 7) is 10.7.